The van der Waals surface area contributed by atoms with E-state index in [1.165, 1.54) is 11.3 Å². The standard InChI is InChI=1S/C17H19N3/c1-2-7-17-19-15-9-3-4-10-16(15)20(17)13-11-14-8-5-6-12-18-14/h3-6,8-10,12H,2,7,11,13H2,1H3. The largest absolute Gasteiger partial charge is 0.328 e. The van der Waals surface area contributed by atoms with E-state index in [1.807, 2.05) is 24.4 Å². The highest BCUT2D eigenvalue weighted by molar-refractivity contribution is 5.75. The number of hydrogen-bond acceptors (Lipinski definition) is 2. The van der Waals surface area contributed by atoms with Crippen molar-refractivity contribution in [1.29, 1.82) is 0 Å². The maximum absolute atomic E-state index is 4.76. The lowest BCUT2D eigenvalue weighted by atomic mass is 10.2. The number of rotatable bonds is 5. The van der Waals surface area contributed by atoms with Crippen LogP contribution in [0.1, 0.15) is 24.9 Å². The van der Waals surface area contributed by atoms with Crippen molar-refractivity contribution >= 4 is 11.0 Å². The maximum Gasteiger partial charge on any atom is 0.109 e. The lowest BCUT2D eigenvalue weighted by molar-refractivity contribution is 0.651. The van der Waals surface area contributed by atoms with E-state index in [0.29, 0.717) is 0 Å². The van der Waals surface area contributed by atoms with Gasteiger partial charge >= 0.3 is 0 Å². The first-order valence-corrected chi connectivity index (χ1v) is 7.22. The van der Waals surface area contributed by atoms with Gasteiger partial charge in [-0.25, -0.2) is 4.98 Å². The highest BCUT2D eigenvalue weighted by Crippen LogP contribution is 2.17. The average Bonchev–Trinajstić information content (AvgIpc) is 2.84. The summed E-state index contributed by atoms with van der Waals surface area (Å²) >= 11 is 0. The Hall–Kier alpha value is -2.16. The number of benzene rings is 1. The highest BCUT2D eigenvalue weighted by Gasteiger charge is 2.09. The van der Waals surface area contributed by atoms with Gasteiger partial charge in [0.1, 0.15) is 5.82 Å². The molecule has 3 heteroatoms. The van der Waals surface area contributed by atoms with Crippen molar-refractivity contribution in [3.05, 3.63) is 60.2 Å². The molecule has 0 atom stereocenters. The first kappa shape index (κ1) is 12.9. The van der Waals surface area contributed by atoms with Gasteiger partial charge in [0.2, 0.25) is 0 Å². The minimum atomic E-state index is 0.937. The van der Waals surface area contributed by atoms with Crippen molar-refractivity contribution in [2.75, 3.05) is 0 Å². The van der Waals surface area contributed by atoms with Gasteiger partial charge in [0.15, 0.2) is 0 Å². The molecule has 0 fully saturated rings. The van der Waals surface area contributed by atoms with E-state index < -0.39 is 0 Å². The van der Waals surface area contributed by atoms with Crippen molar-refractivity contribution in [1.82, 2.24) is 14.5 Å². The van der Waals surface area contributed by atoms with Crippen molar-refractivity contribution in [2.24, 2.45) is 0 Å². The maximum atomic E-state index is 4.76. The van der Waals surface area contributed by atoms with Crippen molar-refractivity contribution < 1.29 is 0 Å². The Morgan fingerprint density at radius 3 is 2.65 bits per heavy atom. The van der Waals surface area contributed by atoms with E-state index in [2.05, 4.69) is 40.7 Å². The van der Waals surface area contributed by atoms with Gasteiger partial charge in [0.25, 0.3) is 0 Å². The van der Waals surface area contributed by atoms with Gasteiger partial charge in [-0.3, -0.25) is 4.98 Å². The molecule has 0 N–H and O–H groups in total. The Morgan fingerprint density at radius 1 is 1.00 bits per heavy atom. The summed E-state index contributed by atoms with van der Waals surface area (Å²) in [5.74, 6) is 1.18. The molecule has 102 valence electrons. The molecular weight excluding hydrogens is 246 g/mol. The minimum Gasteiger partial charge on any atom is -0.328 e. The molecule has 0 aliphatic rings. The van der Waals surface area contributed by atoms with Crippen LogP contribution in [0.4, 0.5) is 0 Å². The Kier molecular flexibility index (Phi) is 3.77. The molecule has 1 aromatic carbocycles. The second kappa shape index (κ2) is 5.87. The second-order valence-electron chi connectivity index (χ2n) is 4.99. The van der Waals surface area contributed by atoms with Gasteiger partial charge in [0.05, 0.1) is 11.0 Å². The number of imidazole rings is 1. The fourth-order valence-corrected chi connectivity index (χ4v) is 2.56. The summed E-state index contributed by atoms with van der Waals surface area (Å²) in [6, 6.07) is 14.5. The van der Waals surface area contributed by atoms with E-state index >= 15 is 0 Å². The summed E-state index contributed by atoms with van der Waals surface area (Å²) in [5, 5.41) is 0. The zero-order valence-electron chi connectivity index (χ0n) is 11.8. The first-order valence-electron chi connectivity index (χ1n) is 7.22. The molecular formula is C17H19N3. The fraction of sp³-hybridized carbons (Fsp3) is 0.294. The molecule has 0 bridgehead atoms. The van der Waals surface area contributed by atoms with Gasteiger partial charge < -0.3 is 4.57 Å². The average molecular weight is 265 g/mol. The molecule has 3 nitrogen and oxygen atoms in total. The summed E-state index contributed by atoms with van der Waals surface area (Å²) in [4.78, 5) is 9.16. The zero-order chi connectivity index (χ0) is 13.8. The number of aryl methyl sites for hydroxylation is 3. The van der Waals surface area contributed by atoms with Crippen LogP contribution in [0.2, 0.25) is 0 Å². The molecule has 20 heavy (non-hydrogen) atoms. The smallest absolute Gasteiger partial charge is 0.109 e. The van der Waals surface area contributed by atoms with Gasteiger partial charge in [-0.1, -0.05) is 25.1 Å². The van der Waals surface area contributed by atoms with E-state index in [1.54, 1.807) is 0 Å². The Bertz CT molecular complexity index is 686. The number of para-hydroxylation sites is 2. The number of fused-ring (bicyclic) bond motifs is 1. The lowest BCUT2D eigenvalue weighted by Gasteiger charge is -2.08. The topological polar surface area (TPSA) is 30.7 Å². The van der Waals surface area contributed by atoms with Crippen molar-refractivity contribution in [3.8, 4) is 0 Å². The summed E-state index contributed by atoms with van der Waals surface area (Å²) in [6.07, 6.45) is 4.94. The molecule has 2 heterocycles. The van der Waals surface area contributed by atoms with Crippen LogP contribution in [-0.4, -0.2) is 14.5 Å². The van der Waals surface area contributed by atoms with Crippen molar-refractivity contribution in [3.63, 3.8) is 0 Å². The van der Waals surface area contributed by atoms with Crippen LogP contribution in [-0.2, 0) is 19.4 Å². The molecule has 3 aromatic rings. The van der Waals surface area contributed by atoms with E-state index in [9.17, 15) is 0 Å². The summed E-state index contributed by atoms with van der Waals surface area (Å²) in [7, 11) is 0. The highest BCUT2D eigenvalue weighted by atomic mass is 15.1. The minimum absolute atomic E-state index is 0.937. The first-order chi connectivity index (χ1) is 9.88. The monoisotopic (exact) mass is 265 g/mol. The van der Waals surface area contributed by atoms with E-state index in [4.69, 9.17) is 4.98 Å². The van der Waals surface area contributed by atoms with Crippen LogP contribution in [0.25, 0.3) is 11.0 Å². The molecule has 0 aliphatic carbocycles. The Labute approximate surface area is 119 Å². The van der Waals surface area contributed by atoms with Crippen LogP contribution in [0.3, 0.4) is 0 Å². The van der Waals surface area contributed by atoms with Crippen LogP contribution >= 0.6 is 0 Å². The van der Waals surface area contributed by atoms with Gasteiger partial charge in [-0.05, 0) is 30.7 Å². The molecule has 2 aromatic heterocycles. The normalized spacial score (nSPS) is 11.1. The van der Waals surface area contributed by atoms with E-state index in [-0.39, 0.29) is 0 Å². The zero-order valence-corrected chi connectivity index (χ0v) is 11.8. The van der Waals surface area contributed by atoms with Crippen LogP contribution in [0.15, 0.2) is 48.7 Å². The fourth-order valence-electron chi connectivity index (χ4n) is 2.56. The quantitative estimate of drug-likeness (QED) is 0.705. The van der Waals surface area contributed by atoms with Gasteiger partial charge in [-0.2, -0.15) is 0 Å². The van der Waals surface area contributed by atoms with Crippen molar-refractivity contribution in [2.45, 2.75) is 32.7 Å². The van der Waals surface area contributed by atoms with Crippen LogP contribution in [0, 0.1) is 0 Å². The number of hydrogen-bond donors (Lipinski definition) is 0. The molecule has 0 spiro atoms. The third-order valence-electron chi connectivity index (χ3n) is 3.52. The third kappa shape index (κ3) is 2.57. The van der Waals surface area contributed by atoms with Gasteiger partial charge in [-0.15, -0.1) is 0 Å². The number of pyridine rings is 1. The number of aromatic nitrogens is 3. The summed E-state index contributed by atoms with van der Waals surface area (Å²) in [5.41, 5.74) is 3.46. The second-order valence-corrected chi connectivity index (χ2v) is 4.99. The molecule has 3 rings (SSSR count). The molecule has 0 amide bonds. The van der Waals surface area contributed by atoms with Crippen LogP contribution < -0.4 is 0 Å². The molecule has 0 aliphatic heterocycles. The predicted molar refractivity (Wildman–Crippen MR) is 81.7 cm³/mol. The molecule has 0 saturated carbocycles. The SMILES string of the molecule is CCCc1nc2ccccc2n1CCc1ccccn1. The third-order valence-corrected chi connectivity index (χ3v) is 3.52. The summed E-state index contributed by atoms with van der Waals surface area (Å²) < 4.78 is 2.34. The predicted octanol–water partition coefficient (Wildman–Crippen LogP) is 3.63. The lowest BCUT2D eigenvalue weighted by Crippen LogP contribution is -2.07. The molecule has 0 radical (unpaired) electrons. The van der Waals surface area contributed by atoms with E-state index in [0.717, 1.165) is 37.0 Å². The van der Waals surface area contributed by atoms with Gasteiger partial charge in [0, 0.05) is 31.3 Å². The van der Waals surface area contributed by atoms with Crippen LogP contribution in [0.5, 0.6) is 0 Å². The number of nitrogens with zero attached hydrogens (tertiary/aromatic N) is 3. The molecule has 0 unspecified atom stereocenters. The Morgan fingerprint density at radius 2 is 1.85 bits per heavy atom. The Balaban J connectivity index is 1.90. The summed E-state index contributed by atoms with van der Waals surface area (Å²) in [6.45, 7) is 3.13. The molecule has 0 saturated heterocycles.